The van der Waals surface area contributed by atoms with Gasteiger partial charge in [0.15, 0.2) is 5.60 Å². The Morgan fingerprint density at radius 3 is 2.45 bits per heavy atom. The molecule has 1 aromatic rings. The van der Waals surface area contributed by atoms with Crippen LogP contribution < -0.4 is 10.1 Å². The monoisotopic (exact) mass is 337 g/mol. The number of likely N-dealkylation sites (N-methyl/N-ethyl adjacent to an activating group) is 1. The number of fused-ring (bicyclic) bond motifs is 1. The maximum absolute atomic E-state index is 13.2. The van der Waals surface area contributed by atoms with Crippen molar-refractivity contribution in [1.29, 1.82) is 0 Å². The van der Waals surface area contributed by atoms with Gasteiger partial charge in [-0.3, -0.25) is 0 Å². The largest absolute Gasteiger partial charge is 0.477 e. The Bertz CT molecular complexity index is 588. The van der Waals surface area contributed by atoms with Gasteiger partial charge in [-0.1, -0.05) is 35.4 Å². The van der Waals surface area contributed by atoms with Crippen molar-refractivity contribution in [3.8, 4) is 5.75 Å². The van der Waals surface area contributed by atoms with Gasteiger partial charge in [-0.2, -0.15) is 0 Å². The molecule has 1 N–H and O–H groups in total. The first-order valence-electron chi connectivity index (χ1n) is 5.71. The molecule has 2 nitrogen and oxygen atoms in total. The number of halogens is 4. The molecule has 1 aliphatic heterocycles. The molecule has 20 heavy (non-hydrogen) atoms. The summed E-state index contributed by atoms with van der Waals surface area (Å²) in [6.45, 7) is -2.03. The molecule has 7 heteroatoms. The van der Waals surface area contributed by atoms with Crippen molar-refractivity contribution in [2.24, 2.45) is 0 Å². The van der Waals surface area contributed by atoms with Gasteiger partial charge >= 0.3 is 0 Å². The van der Waals surface area contributed by atoms with Crippen molar-refractivity contribution < 1.29 is 13.5 Å². The van der Waals surface area contributed by atoms with Gasteiger partial charge in [0.25, 0.3) is 0 Å². The first kappa shape index (κ1) is 15.5. The van der Waals surface area contributed by atoms with E-state index in [-0.39, 0.29) is 10.8 Å². The number of alkyl halides is 2. The van der Waals surface area contributed by atoms with Gasteiger partial charge < -0.3 is 10.1 Å². The van der Waals surface area contributed by atoms with Crippen LogP contribution in [-0.2, 0) is 0 Å². The average molecular weight is 338 g/mol. The highest BCUT2D eigenvalue weighted by atomic mass is 35.5. The highest BCUT2D eigenvalue weighted by Crippen LogP contribution is 2.41. The van der Waals surface area contributed by atoms with E-state index in [4.69, 9.17) is 40.2 Å². The van der Waals surface area contributed by atoms with E-state index in [2.05, 4.69) is 5.32 Å². The van der Waals surface area contributed by atoms with Crippen LogP contribution in [0.2, 0.25) is 10.0 Å². The van der Waals surface area contributed by atoms with E-state index in [1.54, 1.807) is 13.1 Å². The number of thiocarbonyl (C=S) groups is 1. The molecule has 0 radical (unpaired) electrons. The molecule has 0 fully saturated rings. The van der Waals surface area contributed by atoms with Crippen molar-refractivity contribution in [2.45, 2.75) is 5.60 Å². The predicted octanol–water partition coefficient (Wildman–Crippen LogP) is 3.99. The fourth-order valence-electron chi connectivity index (χ4n) is 1.90. The third-order valence-electron chi connectivity index (χ3n) is 2.96. The Hall–Kier alpha value is -0.910. The summed E-state index contributed by atoms with van der Waals surface area (Å²) in [5, 5.41) is 3.34. The molecule has 0 aliphatic carbocycles. The van der Waals surface area contributed by atoms with Gasteiger partial charge in [0.2, 0.25) is 0 Å². The minimum atomic E-state index is -1.68. The Balaban J connectivity index is 2.65. The van der Waals surface area contributed by atoms with E-state index in [1.165, 1.54) is 12.1 Å². The van der Waals surface area contributed by atoms with Crippen molar-refractivity contribution in [3.63, 3.8) is 0 Å². The summed E-state index contributed by atoms with van der Waals surface area (Å²) in [6.07, 6.45) is 1.35. The average Bonchev–Trinajstić information content (AvgIpc) is 2.47. The zero-order valence-corrected chi connectivity index (χ0v) is 12.8. The molecule has 0 unspecified atom stereocenters. The molecule has 0 saturated carbocycles. The van der Waals surface area contributed by atoms with Crippen LogP contribution in [0.15, 0.2) is 18.2 Å². The topological polar surface area (TPSA) is 21.3 Å². The van der Waals surface area contributed by atoms with Crippen LogP contribution in [0.1, 0.15) is 5.56 Å². The second-order valence-electron chi connectivity index (χ2n) is 4.33. The zero-order chi connectivity index (χ0) is 14.9. The van der Waals surface area contributed by atoms with E-state index in [1.807, 2.05) is 0 Å². The second-order valence-corrected chi connectivity index (χ2v) is 5.56. The Kier molecular flexibility index (Phi) is 4.52. The summed E-state index contributed by atoms with van der Waals surface area (Å²) >= 11 is 17.1. The minimum Gasteiger partial charge on any atom is -0.477 e. The fourth-order valence-corrected chi connectivity index (χ4v) is 2.39. The third kappa shape index (κ3) is 2.62. The number of rotatable bonds is 3. The van der Waals surface area contributed by atoms with Crippen molar-refractivity contribution in [3.05, 3.63) is 33.8 Å². The van der Waals surface area contributed by atoms with E-state index < -0.39 is 19.0 Å². The lowest BCUT2D eigenvalue weighted by atomic mass is 9.93. The van der Waals surface area contributed by atoms with E-state index in [0.29, 0.717) is 21.1 Å². The fraction of sp³-hybridized carbons (Fsp3) is 0.308. The molecule has 1 aliphatic rings. The molecule has 2 rings (SSSR count). The lowest BCUT2D eigenvalue weighted by Crippen LogP contribution is -2.42. The van der Waals surface area contributed by atoms with E-state index in [0.717, 1.165) is 0 Å². The quantitative estimate of drug-likeness (QED) is 0.842. The molecular weight excluding hydrogens is 327 g/mol. The molecule has 1 heterocycles. The number of benzene rings is 1. The van der Waals surface area contributed by atoms with Gasteiger partial charge in [-0.05, 0) is 12.1 Å². The van der Waals surface area contributed by atoms with Crippen molar-refractivity contribution in [2.75, 3.05) is 20.4 Å². The van der Waals surface area contributed by atoms with Crippen molar-refractivity contribution >= 4 is 46.0 Å². The summed E-state index contributed by atoms with van der Waals surface area (Å²) in [4.78, 5) is 0.346. The van der Waals surface area contributed by atoms with Crippen LogP contribution in [0.3, 0.4) is 0 Å². The smallest absolute Gasteiger partial charge is 0.184 e. The van der Waals surface area contributed by atoms with Crippen LogP contribution in [-0.4, -0.2) is 31.0 Å². The highest BCUT2D eigenvalue weighted by Gasteiger charge is 2.37. The standard InChI is InChI=1S/C13H11Cl2F2NOS/c1-18-12(20)8-4-13(5-16,6-17)19-11-3-10(15)9(14)2-7(8)11/h2-4H,5-6H2,1H3,(H,18,20). The zero-order valence-electron chi connectivity index (χ0n) is 10.5. The summed E-state index contributed by atoms with van der Waals surface area (Å²) < 4.78 is 31.9. The van der Waals surface area contributed by atoms with Crippen LogP contribution in [0.25, 0.3) is 5.57 Å². The molecule has 108 valence electrons. The van der Waals surface area contributed by atoms with Gasteiger partial charge in [0, 0.05) is 24.3 Å². The molecule has 0 atom stereocenters. The number of nitrogens with one attached hydrogen (secondary N) is 1. The molecule has 0 spiro atoms. The number of hydrogen-bond acceptors (Lipinski definition) is 2. The maximum Gasteiger partial charge on any atom is 0.184 e. The Labute approximate surface area is 130 Å². The normalized spacial score (nSPS) is 15.9. The van der Waals surface area contributed by atoms with Gasteiger partial charge in [-0.15, -0.1) is 0 Å². The summed E-state index contributed by atoms with van der Waals surface area (Å²) in [5.41, 5.74) is -0.658. The lowest BCUT2D eigenvalue weighted by Gasteiger charge is -2.33. The minimum absolute atomic E-state index is 0.244. The Morgan fingerprint density at radius 2 is 1.90 bits per heavy atom. The van der Waals surface area contributed by atoms with Crippen LogP contribution in [0.5, 0.6) is 5.75 Å². The molecular formula is C13H11Cl2F2NOS. The first-order valence-corrected chi connectivity index (χ1v) is 6.88. The second kappa shape index (κ2) is 5.84. The first-order chi connectivity index (χ1) is 9.46. The Morgan fingerprint density at radius 1 is 1.30 bits per heavy atom. The molecule has 1 aromatic carbocycles. The van der Waals surface area contributed by atoms with Crippen LogP contribution >= 0.6 is 35.4 Å². The molecule has 0 amide bonds. The van der Waals surface area contributed by atoms with Crippen molar-refractivity contribution in [1.82, 2.24) is 5.32 Å². The van der Waals surface area contributed by atoms with Crippen LogP contribution in [0.4, 0.5) is 8.78 Å². The van der Waals surface area contributed by atoms with Gasteiger partial charge in [-0.25, -0.2) is 8.78 Å². The molecule has 0 bridgehead atoms. The van der Waals surface area contributed by atoms with Gasteiger partial charge in [0.05, 0.1) is 10.0 Å². The summed E-state index contributed by atoms with van der Waals surface area (Å²) in [5.74, 6) is 0.254. The maximum atomic E-state index is 13.2. The summed E-state index contributed by atoms with van der Waals surface area (Å²) in [6, 6.07) is 3.00. The SMILES string of the molecule is CNC(=S)C1=CC(CF)(CF)Oc2cc(Cl)c(Cl)cc21. The molecule has 0 aromatic heterocycles. The van der Waals surface area contributed by atoms with Gasteiger partial charge in [0.1, 0.15) is 24.1 Å². The van der Waals surface area contributed by atoms with Crippen LogP contribution in [0, 0.1) is 0 Å². The summed E-state index contributed by atoms with van der Waals surface area (Å²) in [7, 11) is 1.63. The number of hydrogen-bond donors (Lipinski definition) is 1. The number of ether oxygens (including phenoxy) is 1. The lowest BCUT2D eigenvalue weighted by molar-refractivity contribution is 0.0596. The molecule has 0 saturated heterocycles. The highest BCUT2D eigenvalue weighted by molar-refractivity contribution is 7.81. The van der Waals surface area contributed by atoms with E-state index in [9.17, 15) is 8.78 Å². The van der Waals surface area contributed by atoms with E-state index >= 15 is 0 Å². The third-order valence-corrected chi connectivity index (χ3v) is 4.10. The predicted molar refractivity (Wildman–Crippen MR) is 81.4 cm³/mol.